The molecule has 2 rings (SSSR count). The van der Waals surface area contributed by atoms with Crippen molar-refractivity contribution in [3.8, 4) is 5.75 Å². The Kier molecular flexibility index (Phi) is 4.84. The van der Waals surface area contributed by atoms with Crippen molar-refractivity contribution in [2.45, 2.75) is 13.5 Å². The lowest BCUT2D eigenvalue weighted by atomic mass is 10.1. The third-order valence-corrected chi connectivity index (χ3v) is 3.18. The molecule has 1 fully saturated rings. The summed E-state index contributed by atoms with van der Waals surface area (Å²) < 4.78 is 10.9. The Morgan fingerprint density at radius 1 is 1.33 bits per heavy atom. The molecule has 1 aromatic rings. The Bertz CT molecular complexity index is 376. The summed E-state index contributed by atoms with van der Waals surface area (Å²) in [5.74, 6) is 0.951. The summed E-state index contributed by atoms with van der Waals surface area (Å²) in [5.41, 5.74) is 2.42. The third-order valence-electron chi connectivity index (χ3n) is 3.18. The van der Waals surface area contributed by atoms with Crippen molar-refractivity contribution in [1.82, 2.24) is 5.32 Å². The summed E-state index contributed by atoms with van der Waals surface area (Å²) in [7, 11) is 1.73. The van der Waals surface area contributed by atoms with E-state index < -0.39 is 0 Å². The van der Waals surface area contributed by atoms with Crippen molar-refractivity contribution in [3.63, 3.8) is 0 Å². The monoisotopic (exact) mass is 250 g/mol. The molecule has 100 valence electrons. The van der Waals surface area contributed by atoms with Gasteiger partial charge in [0.1, 0.15) is 5.75 Å². The van der Waals surface area contributed by atoms with Gasteiger partial charge in [-0.05, 0) is 24.2 Å². The van der Waals surface area contributed by atoms with E-state index in [4.69, 9.17) is 9.47 Å². The van der Waals surface area contributed by atoms with Gasteiger partial charge in [-0.1, -0.05) is 13.0 Å². The maximum absolute atomic E-state index is 5.51. The minimum absolute atomic E-state index is 0.794. The van der Waals surface area contributed by atoms with Crippen LogP contribution in [0, 0.1) is 0 Å². The van der Waals surface area contributed by atoms with Gasteiger partial charge in [0.15, 0.2) is 0 Å². The summed E-state index contributed by atoms with van der Waals surface area (Å²) in [4.78, 5) is 2.32. The van der Waals surface area contributed by atoms with E-state index in [1.807, 2.05) is 0 Å². The van der Waals surface area contributed by atoms with Gasteiger partial charge in [-0.2, -0.15) is 0 Å². The molecule has 4 heteroatoms. The predicted octanol–water partition coefficient (Wildman–Crippen LogP) is 1.64. The lowest BCUT2D eigenvalue weighted by molar-refractivity contribution is 0.122. The van der Waals surface area contributed by atoms with Crippen molar-refractivity contribution in [2.24, 2.45) is 0 Å². The molecular formula is C14H22N2O2. The second kappa shape index (κ2) is 6.61. The molecule has 0 unspecified atom stereocenters. The first kappa shape index (κ1) is 13.2. The van der Waals surface area contributed by atoms with Gasteiger partial charge in [-0.25, -0.2) is 0 Å². The fraction of sp³-hybridized carbons (Fsp3) is 0.571. The molecule has 0 amide bonds. The molecule has 1 N–H and O–H groups in total. The second-order valence-corrected chi connectivity index (χ2v) is 4.39. The SMILES string of the molecule is CCNCc1ccc(N2CCOCC2)c(OC)c1. The van der Waals surface area contributed by atoms with E-state index >= 15 is 0 Å². The van der Waals surface area contributed by atoms with Gasteiger partial charge in [-0.15, -0.1) is 0 Å². The highest BCUT2D eigenvalue weighted by Crippen LogP contribution is 2.29. The second-order valence-electron chi connectivity index (χ2n) is 4.39. The maximum Gasteiger partial charge on any atom is 0.142 e. The van der Waals surface area contributed by atoms with Crippen LogP contribution in [0.15, 0.2) is 18.2 Å². The van der Waals surface area contributed by atoms with Crippen LogP contribution >= 0.6 is 0 Å². The molecule has 1 heterocycles. The quantitative estimate of drug-likeness (QED) is 0.861. The zero-order chi connectivity index (χ0) is 12.8. The Hall–Kier alpha value is -1.26. The van der Waals surface area contributed by atoms with Crippen LogP contribution in [0.2, 0.25) is 0 Å². The predicted molar refractivity (Wildman–Crippen MR) is 73.4 cm³/mol. The average molecular weight is 250 g/mol. The molecule has 1 aromatic carbocycles. The number of anilines is 1. The molecule has 4 nitrogen and oxygen atoms in total. The van der Waals surface area contributed by atoms with Gasteiger partial charge >= 0.3 is 0 Å². The fourth-order valence-corrected chi connectivity index (χ4v) is 2.17. The highest BCUT2D eigenvalue weighted by Gasteiger charge is 2.15. The van der Waals surface area contributed by atoms with Crippen LogP contribution in [-0.4, -0.2) is 40.0 Å². The Balaban J connectivity index is 2.14. The molecule has 0 aliphatic carbocycles. The van der Waals surface area contributed by atoms with E-state index in [-0.39, 0.29) is 0 Å². The van der Waals surface area contributed by atoms with E-state index in [0.29, 0.717) is 0 Å². The third kappa shape index (κ3) is 3.15. The number of morpholine rings is 1. The van der Waals surface area contributed by atoms with Gasteiger partial charge in [0.25, 0.3) is 0 Å². The zero-order valence-electron chi connectivity index (χ0n) is 11.2. The van der Waals surface area contributed by atoms with Gasteiger partial charge < -0.3 is 19.7 Å². The van der Waals surface area contributed by atoms with Crippen molar-refractivity contribution < 1.29 is 9.47 Å². The first-order valence-corrected chi connectivity index (χ1v) is 6.55. The van der Waals surface area contributed by atoms with Gasteiger partial charge in [0.05, 0.1) is 26.0 Å². The fourth-order valence-electron chi connectivity index (χ4n) is 2.17. The van der Waals surface area contributed by atoms with Crippen molar-refractivity contribution in [3.05, 3.63) is 23.8 Å². The van der Waals surface area contributed by atoms with Gasteiger partial charge in [0, 0.05) is 19.6 Å². The normalized spacial score (nSPS) is 15.8. The zero-order valence-corrected chi connectivity index (χ0v) is 11.2. The number of benzene rings is 1. The molecule has 18 heavy (non-hydrogen) atoms. The van der Waals surface area contributed by atoms with Crippen LogP contribution in [0.4, 0.5) is 5.69 Å². The highest BCUT2D eigenvalue weighted by molar-refractivity contribution is 5.60. The van der Waals surface area contributed by atoms with E-state index in [2.05, 4.69) is 35.3 Å². The molecular weight excluding hydrogens is 228 g/mol. The largest absolute Gasteiger partial charge is 0.495 e. The first-order valence-electron chi connectivity index (χ1n) is 6.55. The summed E-state index contributed by atoms with van der Waals surface area (Å²) in [6, 6.07) is 6.43. The van der Waals surface area contributed by atoms with E-state index in [9.17, 15) is 0 Å². The Labute approximate surface area is 109 Å². The molecule has 1 aliphatic heterocycles. The van der Waals surface area contributed by atoms with Crippen LogP contribution in [-0.2, 0) is 11.3 Å². The molecule has 1 saturated heterocycles. The molecule has 0 bridgehead atoms. The number of hydrogen-bond donors (Lipinski definition) is 1. The molecule has 0 aromatic heterocycles. The smallest absolute Gasteiger partial charge is 0.142 e. The number of ether oxygens (including phenoxy) is 2. The van der Waals surface area contributed by atoms with Crippen LogP contribution in [0.5, 0.6) is 5.75 Å². The lowest BCUT2D eigenvalue weighted by Gasteiger charge is -2.30. The standard InChI is InChI=1S/C14H22N2O2/c1-3-15-11-12-4-5-13(14(10-12)17-2)16-6-8-18-9-7-16/h4-5,10,15H,3,6-9,11H2,1-2H3. The van der Waals surface area contributed by atoms with Crippen LogP contribution in [0.3, 0.4) is 0 Å². The van der Waals surface area contributed by atoms with Gasteiger partial charge in [0.2, 0.25) is 0 Å². The maximum atomic E-state index is 5.51. The number of rotatable bonds is 5. The number of methoxy groups -OCH3 is 1. The topological polar surface area (TPSA) is 33.7 Å². The van der Waals surface area contributed by atoms with Crippen molar-refractivity contribution in [1.29, 1.82) is 0 Å². The summed E-state index contributed by atoms with van der Waals surface area (Å²) in [5, 5.41) is 3.33. The van der Waals surface area contributed by atoms with E-state index in [1.165, 1.54) is 11.3 Å². The molecule has 1 aliphatic rings. The highest BCUT2D eigenvalue weighted by atomic mass is 16.5. The van der Waals surface area contributed by atoms with Crippen molar-refractivity contribution in [2.75, 3.05) is 44.9 Å². The first-order chi connectivity index (χ1) is 8.85. The summed E-state index contributed by atoms with van der Waals surface area (Å²) in [6.45, 7) is 7.43. The van der Waals surface area contributed by atoms with Crippen LogP contribution < -0.4 is 15.0 Å². The Morgan fingerprint density at radius 2 is 2.11 bits per heavy atom. The number of hydrogen-bond acceptors (Lipinski definition) is 4. The van der Waals surface area contributed by atoms with Crippen molar-refractivity contribution >= 4 is 5.69 Å². The molecule has 0 radical (unpaired) electrons. The molecule has 0 spiro atoms. The summed E-state index contributed by atoms with van der Waals surface area (Å²) >= 11 is 0. The minimum Gasteiger partial charge on any atom is -0.495 e. The Morgan fingerprint density at radius 3 is 2.78 bits per heavy atom. The number of nitrogens with one attached hydrogen (secondary N) is 1. The van der Waals surface area contributed by atoms with Crippen LogP contribution in [0.25, 0.3) is 0 Å². The number of nitrogens with zero attached hydrogens (tertiary/aromatic N) is 1. The van der Waals surface area contributed by atoms with Crippen LogP contribution in [0.1, 0.15) is 12.5 Å². The minimum atomic E-state index is 0.794. The van der Waals surface area contributed by atoms with E-state index in [0.717, 1.165) is 45.1 Å². The van der Waals surface area contributed by atoms with E-state index in [1.54, 1.807) is 7.11 Å². The molecule has 0 atom stereocenters. The van der Waals surface area contributed by atoms with Gasteiger partial charge in [-0.3, -0.25) is 0 Å². The lowest BCUT2D eigenvalue weighted by Crippen LogP contribution is -2.36. The summed E-state index contributed by atoms with van der Waals surface area (Å²) in [6.07, 6.45) is 0. The molecule has 0 saturated carbocycles. The average Bonchev–Trinajstić information content (AvgIpc) is 2.45.